The van der Waals surface area contributed by atoms with E-state index in [0.717, 1.165) is 0 Å². The normalized spacial score (nSPS) is 9.86. The van der Waals surface area contributed by atoms with Gasteiger partial charge in [-0.05, 0) is 24.3 Å². The first-order chi connectivity index (χ1) is 9.76. The standard InChI is InChI=1S/C7H5BrClFO.C6H3BrClFO/c1-11-6-3-4(8)2-5(9)7(6)10;7-3-1-4(8)6(9)5(10)2-3/h2-3H,1H3;1-2,10H. The molecular weight excluding hydrogens is 457 g/mol. The molecule has 2 nitrogen and oxygen atoms in total. The van der Waals surface area contributed by atoms with Gasteiger partial charge in [0, 0.05) is 8.95 Å². The van der Waals surface area contributed by atoms with Crippen molar-refractivity contribution in [2.75, 3.05) is 7.11 Å². The first-order valence-corrected chi connectivity index (χ1v) is 7.62. The molecule has 21 heavy (non-hydrogen) atoms. The van der Waals surface area contributed by atoms with E-state index in [1.807, 2.05) is 0 Å². The lowest BCUT2D eigenvalue weighted by molar-refractivity contribution is 0.386. The topological polar surface area (TPSA) is 29.5 Å². The molecule has 2 aromatic rings. The van der Waals surface area contributed by atoms with E-state index in [4.69, 9.17) is 33.0 Å². The van der Waals surface area contributed by atoms with Crippen LogP contribution in [0, 0.1) is 11.6 Å². The second kappa shape index (κ2) is 8.17. The summed E-state index contributed by atoms with van der Waals surface area (Å²) in [4.78, 5) is 0. The van der Waals surface area contributed by atoms with Gasteiger partial charge in [0.05, 0.1) is 17.2 Å². The average Bonchev–Trinajstić information content (AvgIpc) is 2.40. The lowest BCUT2D eigenvalue weighted by Crippen LogP contribution is -1.88. The third-order valence-electron chi connectivity index (χ3n) is 2.15. The summed E-state index contributed by atoms with van der Waals surface area (Å²) < 4.78 is 31.4. The number of methoxy groups -OCH3 is 1. The maximum Gasteiger partial charge on any atom is 0.183 e. The summed E-state index contributed by atoms with van der Waals surface area (Å²) in [6.07, 6.45) is 0. The third kappa shape index (κ3) is 5.29. The van der Waals surface area contributed by atoms with Crippen LogP contribution >= 0.6 is 55.1 Å². The van der Waals surface area contributed by atoms with Crippen LogP contribution in [-0.4, -0.2) is 12.2 Å². The summed E-state index contributed by atoms with van der Waals surface area (Å²) in [7, 11) is 1.39. The summed E-state index contributed by atoms with van der Waals surface area (Å²) in [5.41, 5.74) is 0. The number of phenols is 1. The zero-order chi connectivity index (χ0) is 16.2. The minimum Gasteiger partial charge on any atom is -0.505 e. The summed E-state index contributed by atoms with van der Waals surface area (Å²) in [5, 5.41) is 8.75. The largest absolute Gasteiger partial charge is 0.505 e. The Labute approximate surface area is 146 Å². The Hall–Kier alpha value is -0.560. The predicted molar refractivity (Wildman–Crippen MR) is 86.4 cm³/mol. The van der Waals surface area contributed by atoms with Gasteiger partial charge >= 0.3 is 0 Å². The Morgan fingerprint density at radius 1 is 0.952 bits per heavy atom. The Bertz CT molecular complexity index is 631. The van der Waals surface area contributed by atoms with Gasteiger partial charge in [0.2, 0.25) is 0 Å². The minimum absolute atomic E-state index is 0.0521. The Morgan fingerprint density at radius 2 is 1.43 bits per heavy atom. The summed E-state index contributed by atoms with van der Waals surface area (Å²) in [5.74, 6) is -1.62. The first kappa shape index (κ1) is 18.5. The highest BCUT2D eigenvalue weighted by molar-refractivity contribution is 9.10. The summed E-state index contributed by atoms with van der Waals surface area (Å²) in [6.45, 7) is 0. The van der Waals surface area contributed by atoms with Crippen molar-refractivity contribution in [3.05, 3.63) is 54.9 Å². The molecule has 0 heterocycles. The molecule has 0 saturated carbocycles. The van der Waals surface area contributed by atoms with Crippen molar-refractivity contribution < 1.29 is 18.6 Å². The van der Waals surface area contributed by atoms with Gasteiger partial charge in [-0.15, -0.1) is 0 Å². The van der Waals surface area contributed by atoms with Gasteiger partial charge < -0.3 is 9.84 Å². The minimum atomic E-state index is -0.787. The van der Waals surface area contributed by atoms with Crippen LogP contribution in [0.15, 0.2) is 33.2 Å². The molecule has 0 unspecified atom stereocenters. The van der Waals surface area contributed by atoms with Crippen molar-refractivity contribution in [1.29, 1.82) is 0 Å². The molecule has 0 aliphatic carbocycles. The van der Waals surface area contributed by atoms with Crippen molar-refractivity contribution in [2.45, 2.75) is 0 Å². The van der Waals surface area contributed by atoms with Gasteiger partial charge in [-0.3, -0.25) is 0 Å². The van der Waals surface area contributed by atoms with Gasteiger partial charge in [0.25, 0.3) is 0 Å². The first-order valence-electron chi connectivity index (χ1n) is 5.28. The van der Waals surface area contributed by atoms with E-state index >= 15 is 0 Å². The lowest BCUT2D eigenvalue weighted by Gasteiger charge is -2.02. The van der Waals surface area contributed by atoms with E-state index in [1.165, 1.54) is 31.4 Å². The Kier molecular flexibility index (Phi) is 7.20. The number of hydrogen-bond donors (Lipinski definition) is 1. The SMILES string of the molecule is COc1cc(Br)cc(Cl)c1F.Oc1cc(Br)cc(Cl)c1F. The van der Waals surface area contributed by atoms with E-state index in [0.29, 0.717) is 8.95 Å². The van der Waals surface area contributed by atoms with Crippen LogP contribution in [0.5, 0.6) is 11.5 Å². The highest BCUT2D eigenvalue weighted by Crippen LogP contribution is 2.29. The third-order valence-corrected chi connectivity index (χ3v) is 3.62. The maximum atomic E-state index is 12.9. The molecule has 0 saturated heterocycles. The highest BCUT2D eigenvalue weighted by atomic mass is 79.9. The van der Waals surface area contributed by atoms with E-state index in [1.54, 1.807) is 0 Å². The molecule has 2 aromatic carbocycles. The van der Waals surface area contributed by atoms with E-state index < -0.39 is 17.4 Å². The molecule has 0 aromatic heterocycles. The van der Waals surface area contributed by atoms with Crippen LogP contribution in [0.2, 0.25) is 10.0 Å². The van der Waals surface area contributed by atoms with Crippen LogP contribution in [0.25, 0.3) is 0 Å². The van der Waals surface area contributed by atoms with Crippen LogP contribution in [0.4, 0.5) is 8.78 Å². The fraction of sp³-hybridized carbons (Fsp3) is 0.0769. The second-order valence-electron chi connectivity index (χ2n) is 3.62. The van der Waals surface area contributed by atoms with Gasteiger partial charge in [0.1, 0.15) is 0 Å². The molecule has 0 amide bonds. The molecule has 0 spiro atoms. The number of benzene rings is 2. The fourth-order valence-electron chi connectivity index (χ4n) is 1.22. The van der Waals surface area contributed by atoms with Crippen molar-refractivity contribution in [2.24, 2.45) is 0 Å². The fourth-order valence-corrected chi connectivity index (χ4v) is 2.79. The van der Waals surface area contributed by atoms with Gasteiger partial charge in [0.15, 0.2) is 23.1 Å². The zero-order valence-corrected chi connectivity index (χ0v) is 15.1. The molecule has 0 fully saturated rings. The van der Waals surface area contributed by atoms with Crippen molar-refractivity contribution in [3.8, 4) is 11.5 Å². The van der Waals surface area contributed by atoms with Crippen LogP contribution in [0.1, 0.15) is 0 Å². The lowest BCUT2D eigenvalue weighted by atomic mass is 10.3. The van der Waals surface area contributed by atoms with E-state index in [2.05, 4.69) is 31.9 Å². The van der Waals surface area contributed by atoms with Gasteiger partial charge in [-0.2, -0.15) is 0 Å². The number of hydrogen-bond acceptors (Lipinski definition) is 2. The molecule has 2 rings (SSSR count). The van der Waals surface area contributed by atoms with Gasteiger partial charge in [-0.25, -0.2) is 8.78 Å². The quantitative estimate of drug-likeness (QED) is 0.509. The van der Waals surface area contributed by atoms with Crippen molar-refractivity contribution in [3.63, 3.8) is 0 Å². The maximum absolute atomic E-state index is 12.9. The molecule has 0 radical (unpaired) electrons. The monoisotopic (exact) mass is 462 g/mol. The molecular formula is C13H8Br2Cl2F2O2. The molecule has 0 atom stereocenters. The van der Waals surface area contributed by atoms with Crippen LogP contribution in [0.3, 0.4) is 0 Å². The smallest absolute Gasteiger partial charge is 0.183 e. The molecule has 0 aliphatic rings. The number of ether oxygens (including phenoxy) is 1. The zero-order valence-electron chi connectivity index (χ0n) is 10.4. The predicted octanol–water partition coefficient (Wildman–Crippen LogP) is 6.20. The molecule has 8 heteroatoms. The highest BCUT2D eigenvalue weighted by Gasteiger charge is 2.07. The molecule has 0 aliphatic heterocycles. The number of phenolic OH excluding ortho intramolecular Hbond substituents is 1. The van der Waals surface area contributed by atoms with Crippen molar-refractivity contribution in [1.82, 2.24) is 0 Å². The molecule has 0 bridgehead atoms. The van der Waals surface area contributed by atoms with E-state index in [-0.39, 0.29) is 15.8 Å². The molecule has 1 N–H and O–H groups in total. The Balaban J connectivity index is 0.000000211. The van der Waals surface area contributed by atoms with Crippen LogP contribution in [-0.2, 0) is 0 Å². The van der Waals surface area contributed by atoms with E-state index in [9.17, 15) is 8.78 Å². The van der Waals surface area contributed by atoms with Gasteiger partial charge in [-0.1, -0.05) is 55.1 Å². The summed E-state index contributed by atoms with van der Waals surface area (Å²) in [6, 6.07) is 5.60. The van der Waals surface area contributed by atoms with Crippen LogP contribution < -0.4 is 4.74 Å². The average molecular weight is 465 g/mol. The Morgan fingerprint density at radius 3 is 1.90 bits per heavy atom. The number of rotatable bonds is 1. The summed E-state index contributed by atoms with van der Waals surface area (Å²) >= 11 is 17.1. The van der Waals surface area contributed by atoms with Crippen molar-refractivity contribution >= 4 is 55.1 Å². The molecule has 114 valence electrons. The number of halogens is 6. The second-order valence-corrected chi connectivity index (χ2v) is 6.27. The number of aromatic hydroxyl groups is 1.